The van der Waals surface area contributed by atoms with E-state index in [2.05, 4.69) is 14.8 Å². The van der Waals surface area contributed by atoms with E-state index >= 15 is 0 Å². The molecule has 1 aromatic heterocycles. The Hall–Kier alpha value is -1.47. The molecule has 1 heterocycles. The maximum Gasteiger partial charge on any atom is 0.392 e. The molecule has 13 heavy (non-hydrogen) atoms. The lowest BCUT2D eigenvalue weighted by Gasteiger charge is -1.97. The number of nitrogens with one attached hydrogen (secondary N) is 1. The summed E-state index contributed by atoms with van der Waals surface area (Å²) in [5, 5.41) is 9.08. The summed E-state index contributed by atoms with van der Waals surface area (Å²) in [5.41, 5.74) is 5.12. The van der Waals surface area contributed by atoms with E-state index in [1.807, 2.05) is 0 Å². The average Bonchev–Trinajstić information content (AvgIpc) is 2.51. The Morgan fingerprint density at radius 2 is 2.46 bits per heavy atom. The Kier molecular flexibility index (Phi) is 2.93. The number of nitrogen functional groups attached to an aromatic ring is 1. The van der Waals surface area contributed by atoms with Crippen molar-refractivity contribution in [1.29, 1.82) is 5.41 Å². The lowest BCUT2D eigenvalue weighted by atomic mass is 10.3. The van der Waals surface area contributed by atoms with Gasteiger partial charge < -0.3 is 5.73 Å². The van der Waals surface area contributed by atoms with Crippen LogP contribution < -0.4 is 5.73 Å². The van der Waals surface area contributed by atoms with Gasteiger partial charge in [-0.25, -0.2) is 9.78 Å². The van der Waals surface area contributed by atoms with E-state index in [1.54, 1.807) is 0 Å². The van der Waals surface area contributed by atoms with Crippen molar-refractivity contribution in [2.75, 3.05) is 12.8 Å². The van der Waals surface area contributed by atoms with Gasteiger partial charge in [-0.05, 0) is 0 Å². The molecule has 0 aromatic carbocycles. The highest BCUT2D eigenvalue weighted by atomic mass is 32.1. The number of carbonyl (C=O) groups excluding carboxylic acids is 1. The average molecular weight is 201 g/mol. The highest BCUT2D eigenvalue weighted by Gasteiger charge is 2.16. The molecule has 0 aliphatic rings. The first-order valence-electron chi connectivity index (χ1n) is 3.20. The van der Waals surface area contributed by atoms with Crippen molar-refractivity contribution in [3.05, 3.63) is 11.1 Å². The summed E-state index contributed by atoms with van der Waals surface area (Å²) in [4.78, 5) is 22.9. The van der Waals surface area contributed by atoms with Crippen molar-refractivity contribution < 1.29 is 14.6 Å². The lowest BCUT2D eigenvalue weighted by Crippen LogP contribution is -2.17. The van der Waals surface area contributed by atoms with Crippen LogP contribution in [0, 0.1) is 5.41 Å². The van der Waals surface area contributed by atoms with E-state index in [-0.39, 0.29) is 11.4 Å². The zero-order valence-electron chi connectivity index (χ0n) is 6.73. The minimum absolute atomic E-state index is 0.185. The molecule has 0 aliphatic carbocycles. The number of anilines is 1. The largest absolute Gasteiger partial charge is 0.392 e. The molecular weight excluding hydrogens is 194 g/mol. The molecule has 0 atom stereocenters. The third-order valence-corrected chi connectivity index (χ3v) is 1.82. The SMILES string of the molecule is COOC(=O)C(=N)c1csc(N)n1. The number of aromatic nitrogens is 1. The van der Waals surface area contributed by atoms with Gasteiger partial charge in [0.2, 0.25) is 0 Å². The fourth-order valence-electron chi connectivity index (χ4n) is 0.624. The van der Waals surface area contributed by atoms with Gasteiger partial charge in [0.15, 0.2) is 10.8 Å². The maximum atomic E-state index is 10.9. The highest BCUT2D eigenvalue weighted by molar-refractivity contribution is 7.13. The number of nitrogens with two attached hydrogens (primary N) is 1. The van der Waals surface area contributed by atoms with E-state index < -0.39 is 5.97 Å². The van der Waals surface area contributed by atoms with Crippen molar-refractivity contribution in [2.24, 2.45) is 0 Å². The minimum atomic E-state index is -0.896. The number of hydrogen-bond donors (Lipinski definition) is 2. The molecule has 0 radical (unpaired) electrons. The molecule has 1 rings (SSSR count). The van der Waals surface area contributed by atoms with Crippen LogP contribution in [0.15, 0.2) is 5.38 Å². The summed E-state index contributed by atoms with van der Waals surface area (Å²) in [7, 11) is 1.18. The standard InChI is InChI=1S/C6H7N3O3S/c1-11-12-5(10)4(7)3-2-13-6(8)9-3/h2,7H,1H3,(H2,8,9). The van der Waals surface area contributed by atoms with E-state index in [0.29, 0.717) is 5.13 Å². The Labute approximate surface area is 77.7 Å². The first-order chi connectivity index (χ1) is 6.15. The third-order valence-electron chi connectivity index (χ3n) is 1.14. The Bertz CT molecular complexity index is 336. The van der Waals surface area contributed by atoms with Crippen molar-refractivity contribution in [1.82, 2.24) is 4.98 Å². The zero-order chi connectivity index (χ0) is 9.84. The van der Waals surface area contributed by atoms with Gasteiger partial charge >= 0.3 is 5.97 Å². The van der Waals surface area contributed by atoms with Gasteiger partial charge in [-0.15, -0.1) is 11.3 Å². The monoisotopic (exact) mass is 201 g/mol. The van der Waals surface area contributed by atoms with Crippen molar-refractivity contribution in [3.63, 3.8) is 0 Å². The van der Waals surface area contributed by atoms with Crippen LogP contribution in [0.4, 0.5) is 5.13 Å². The molecule has 7 heteroatoms. The molecule has 70 valence electrons. The summed E-state index contributed by atoms with van der Waals surface area (Å²) in [6, 6.07) is 0. The van der Waals surface area contributed by atoms with Gasteiger partial charge in [-0.3, -0.25) is 10.3 Å². The molecule has 0 bridgehead atoms. The van der Waals surface area contributed by atoms with Crippen LogP contribution in [0.2, 0.25) is 0 Å². The van der Waals surface area contributed by atoms with Crippen LogP contribution in [-0.4, -0.2) is 23.8 Å². The molecule has 0 saturated heterocycles. The van der Waals surface area contributed by atoms with Gasteiger partial charge in [-0.1, -0.05) is 0 Å². The first-order valence-corrected chi connectivity index (χ1v) is 4.08. The molecule has 6 nitrogen and oxygen atoms in total. The van der Waals surface area contributed by atoms with Gasteiger partial charge in [-0.2, -0.15) is 4.89 Å². The summed E-state index contributed by atoms with van der Waals surface area (Å²) in [6.45, 7) is 0. The fourth-order valence-corrected chi connectivity index (χ4v) is 1.18. The fraction of sp³-hybridized carbons (Fsp3) is 0.167. The van der Waals surface area contributed by atoms with E-state index in [9.17, 15) is 4.79 Å². The van der Waals surface area contributed by atoms with Crippen LogP contribution in [0.1, 0.15) is 5.69 Å². The third kappa shape index (κ3) is 2.23. The van der Waals surface area contributed by atoms with Crippen LogP contribution in [0.3, 0.4) is 0 Å². The number of thiazole rings is 1. The van der Waals surface area contributed by atoms with E-state index in [1.165, 1.54) is 12.5 Å². The molecule has 1 aromatic rings. The minimum Gasteiger partial charge on any atom is -0.375 e. The summed E-state index contributed by atoms with van der Waals surface area (Å²) in [5.74, 6) is -0.896. The zero-order valence-corrected chi connectivity index (χ0v) is 7.55. The summed E-state index contributed by atoms with van der Waals surface area (Å²) in [6.07, 6.45) is 0. The Morgan fingerprint density at radius 1 is 1.77 bits per heavy atom. The quantitative estimate of drug-likeness (QED) is 0.413. The smallest absolute Gasteiger partial charge is 0.375 e. The normalized spacial score (nSPS) is 9.62. The van der Waals surface area contributed by atoms with Crippen LogP contribution in [-0.2, 0) is 14.6 Å². The van der Waals surface area contributed by atoms with E-state index in [4.69, 9.17) is 11.1 Å². The van der Waals surface area contributed by atoms with Gasteiger partial charge in [0.05, 0.1) is 7.11 Å². The predicted molar refractivity (Wildman–Crippen MR) is 46.5 cm³/mol. The van der Waals surface area contributed by atoms with Gasteiger partial charge in [0.1, 0.15) is 5.69 Å². The number of hydrogen-bond acceptors (Lipinski definition) is 7. The van der Waals surface area contributed by atoms with Crippen molar-refractivity contribution >= 4 is 28.1 Å². The maximum absolute atomic E-state index is 10.9. The Morgan fingerprint density at radius 3 is 2.92 bits per heavy atom. The second-order valence-electron chi connectivity index (χ2n) is 1.98. The lowest BCUT2D eigenvalue weighted by molar-refractivity contribution is -0.247. The number of nitrogens with zero attached hydrogens (tertiary/aromatic N) is 1. The second-order valence-corrected chi connectivity index (χ2v) is 2.87. The first kappa shape index (κ1) is 9.62. The van der Waals surface area contributed by atoms with E-state index in [0.717, 1.165) is 11.3 Å². The number of carbonyl (C=O) groups is 1. The molecule has 0 amide bonds. The topological polar surface area (TPSA) is 98.3 Å². The molecule has 0 aliphatic heterocycles. The second kappa shape index (κ2) is 3.97. The summed E-state index contributed by atoms with van der Waals surface area (Å²) >= 11 is 1.15. The highest BCUT2D eigenvalue weighted by Crippen LogP contribution is 2.11. The molecule has 0 fully saturated rings. The van der Waals surface area contributed by atoms with Crippen LogP contribution in [0.5, 0.6) is 0 Å². The summed E-state index contributed by atoms with van der Waals surface area (Å²) < 4.78 is 0. The number of rotatable bonds is 3. The van der Waals surface area contributed by atoms with Gasteiger partial charge in [0, 0.05) is 5.38 Å². The van der Waals surface area contributed by atoms with Crippen LogP contribution in [0.25, 0.3) is 0 Å². The van der Waals surface area contributed by atoms with Gasteiger partial charge in [0.25, 0.3) is 0 Å². The molecule has 0 spiro atoms. The molecule has 0 unspecified atom stereocenters. The van der Waals surface area contributed by atoms with Crippen molar-refractivity contribution in [2.45, 2.75) is 0 Å². The molecular formula is C6H7N3O3S. The molecule has 0 saturated carbocycles. The van der Waals surface area contributed by atoms with Crippen LogP contribution >= 0.6 is 11.3 Å². The van der Waals surface area contributed by atoms with Crippen molar-refractivity contribution in [3.8, 4) is 0 Å². The predicted octanol–water partition coefficient (Wildman–Crippen LogP) is 0.198. The Balaban J connectivity index is 2.73. The molecule has 3 N–H and O–H groups in total.